The number of hydrogen-bond acceptors (Lipinski definition) is 5. The zero-order chi connectivity index (χ0) is 20.2. The van der Waals surface area contributed by atoms with E-state index in [1.54, 1.807) is 29.2 Å². The van der Waals surface area contributed by atoms with E-state index in [1.165, 1.54) is 11.0 Å². The summed E-state index contributed by atoms with van der Waals surface area (Å²) >= 11 is 0. The molecule has 0 radical (unpaired) electrons. The highest BCUT2D eigenvalue weighted by Crippen LogP contribution is 2.29. The predicted molar refractivity (Wildman–Crippen MR) is 107 cm³/mol. The maximum atomic E-state index is 14.8. The van der Waals surface area contributed by atoms with Crippen LogP contribution in [0.3, 0.4) is 0 Å². The Bertz CT molecular complexity index is 975. The fourth-order valence-electron chi connectivity index (χ4n) is 3.34. The smallest absolute Gasteiger partial charge is 0.414 e. The van der Waals surface area contributed by atoms with Gasteiger partial charge in [-0.3, -0.25) is 4.90 Å². The van der Waals surface area contributed by atoms with Gasteiger partial charge in [0.25, 0.3) is 0 Å². The summed E-state index contributed by atoms with van der Waals surface area (Å²) in [7, 11) is 0. The zero-order valence-electron chi connectivity index (χ0n) is 16.1. The van der Waals surface area contributed by atoms with E-state index < -0.39 is 6.09 Å². The first-order chi connectivity index (χ1) is 14.1. The molecule has 1 aromatic heterocycles. The van der Waals surface area contributed by atoms with Crippen molar-refractivity contribution in [2.45, 2.75) is 19.6 Å². The molecule has 29 heavy (non-hydrogen) atoms. The largest absolute Gasteiger partial charge is 0.443 e. The molecule has 0 bridgehead atoms. The van der Waals surface area contributed by atoms with Gasteiger partial charge in [0, 0.05) is 18.3 Å². The second-order valence-corrected chi connectivity index (χ2v) is 6.89. The number of carbonyl (C=O) groups excluding carboxylic acids is 1. The third kappa shape index (κ3) is 4.27. The number of rotatable bonds is 7. The quantitative estimate of drug-likeness (QED) is 0.666. The molecule has 1 aliphatic rings. The summed E-state index contributed by atoms with van der Waals surface area (Å²) in [6.45, 7) is 4.38. The number of nitrogens with one attached hydrogen (secondary N) is 1. The lowest BCUT2D eigenvalue weighted by Gasteiger charge is -2.14. The van der Waals surface area contributed by atoms with Crippen molar-refractivity contribution in [2.75, 3.05) is 24.5 Å². The Kier molecular flexibility index (Phi) is 5.53. The van der Waals surface area contributed by atoms with Crippen molar-refractivity contribution in [3.63, 3.8) is 0 Å². The normalized spacial score (nSPS) is 16.3. The van der Waals surface area contributed by atoms with Crippen LogP contribution in [-0.2, 0) is 11.3 Å². The third-order valence-electron chi connectivity index (χ3n) is 4.84. The fourth-order valence-corrected chi connectivity index (χ4v) is 3.34. The molecule has 1 atom stereocenters. The number of anilines is 1. The molecule has 0 saturated carbocycles. The minimum atomic E-state index is -0.447. The van der Waals surface area contributed by atoms with E-state index in [9.17, 15) is 9.18 Å². The number of aromatic nitrogens is 3. The van der Waals surface area contributed by atoms with E-state index in [0.29, 0.717) is 30.9 Å². The molecule has 3 aromatic rings. The Morgan fingerprint density at radius 2 is 2.07 bits per heavy atom. The first kappa shape index (κ1) is 19.1. The molecule has 2 heterocycles. The Balaban J connectivity index is 1.48. The number of hydrogen-bond donors (Lipinski definition) is 1. The number of cyclic esters (lactones) is 1. The number of amides is 1. The Morgan fingerprint density at radius 3 is 2.76 bits per heavy atom. The maximum Gasteiger partial charge on any atom is 0.414 e. The molecular formula is C21H22FN5O2. The van der Waals surface area contributed by atoms with E-state index >= 15 is 0 Å². The second kappa shape index (κ2) is 8.40. The second-order valence-electron chi connectivity index (χ2n) is 6.89. The third-order valence-corrected chi connectivity index (χ3v) is 4.84. The van der Waals surface area contributed by atoms with Crippen LogP contribution in [0.5, 0.6) is 0 Å². The number of carbonyl (C=O) groups is 1. The standard InChI is InChI=1S/C21H22FN5O2/c1-2-23-12-18-14-27(21(28)29-18)17-7-8-19(20(22)11-17)16-5-3-15(4-6-16)13-26-10-9-24-25-26/h3-11,18,23H,2,12-14H2,1H3/t18-/m0/s1. The number of halogens is 1. The monoisotopic (exact) mass is 395 g/mol. The summed E-state index contributed by atoms with van der Waals surface area (Å²) in [4.78, 5) is 13.6. The van der Waals surface area contributed by atoms with Gasteiger partial charge in [0.2, 0.25) is 0 Å². The van der Waals surface area contributed by atoms with E-state index in [0.717, 1.165) is 17.7 Å². The summed E-state index contributed by atoms with van der Waals surface area (Å²) in [5.74, 6) is -0.380. The van der Waals surface area contributed by atoms with Crippen LogP contribution in [0.2, 0.25) is 0 Å². The van der Waals surface area contributed by atoms with E-state index in [-0.39, 0.29) is 11.9 Å². The van der Waals surface area contributed by atoms with Crippen LogP contribution in [0.4, 0.5) is 14.9 Å². The fraction of sp³-hybridized carbons (Fsp3) is 0.286. The lowest BCUT2D eigenvalue weighted by atomic mass is 10.0. The lowest BCUT2D eigenvalue weighted by Crippen LogP contribution is -2.30. The molecule has 8 heteroatoms. The Labute approximate surface area is 168 Å². The predicted octanol–water partition coefficient (Wildman–Crippen LogP) is 3.07. The van der Waals surface area contributed by atoms with Crippen LogP contribution in [0.15, 0.2) is 54.9 Å². The van der Waals surface area contributed by atoms with Gasteiger partial charge >= 0.3 is 6.09 Å². The number of benzene rings is 2. The zero-order valence-corrected chi connectivity index (χ0v) is 16.1. The molecule has 4 rings (SSSR count). The van der Waals surface area contributed by atoms with Crippen molar-refractivity contribution in [2.24, 2.45) is 0 Å². The highest BCUT2D eigenvalue weighted by atomic mass is 19.1. The first-order valence-electron chi connectivity index (χ1n) is 9.56. The molecule has 2 aromatic carbocycles. The van der Waals surface area contributed by atoms with Crippen LogP contribution >= 0.6 is 0 Å². The highest BCUT2D eigenvalue weighted by Gasteiger charge is 2.32. The maximum absolute atomic E-state index is 14.8. The molecule has 1 aliphatic heterocycles. The summed E-state index contributed by atoms with van der Waals surface area (Å²) in [6.07, 6.45) is 2.74. The molecule has 0 unspecified atom stereocenters. The topological polar surface area (TPSA) is 72.3 Å². The molecule has 7 nitrogen and oxygen atoms in total. The summed E-state index contributed by atoms with van der Waals surface area (Å²) in [5.41, 5.74) is 2.80. The van der Waals surface area contributed by atoms with E-state index in [4.69, 9.17) is 4.74 Å². The average Bonchev–Trinajstić information content (AvgIpc) is 3.36. The molecule has 0 spiro atoms. The van der Waals surface area contributed by atoms with Crippen molar-refractivity contribution in [1.82, 2.24) is 20.3 Å². The number of nitrogens with zero attached hydrogens (tertiary/aromatic N) is 4. The van der Waals surface area contributed by atoms with Crippen molar-refractivity contribution in [3.8, 4) is 11.1 Å². The molecule has 1 fully saturated rings. The minimum absolute atomic E-state index is 0.234. The molecule has 1 N–H and O–H groups in total. The van der Waals surface area contributed by atoms with Crippen molar-refractivity contribution in [1.29, 1.82) is 0 Å². The average molecular weight is 395 g/mol. The summed E-state index contributed by atoms with van der Waals surface area (Å²) < 4.78 is 21.9. The number of likely N-dealkylation sites (N-methyl/N-ethyl adjacent to an activating group) is 1. The van der Waals surface area contributed by atoms with Crippen LogP contribution in [0.1, 0.15) is 12.5 Å². The van der Waals surface area contributed by atoms with Gasteiger partial charge in [-0.1, -0.05) is 36.4 Å². The van der Waals surface area contributed by atoms with Gasteiger partial charge in [-0.2, -0.15) is 0 Å². The molecule has 0 aliphatic carbocycles. The Morgan fingerprint density at radius 1 is 1.24 bits per heavy atom. The Hall–Kier alpha value is -3.26. The molecule has 150 valence electrons. The lowest BCUT2D eigenvalue weighted by molar-refractivity contribution is 0.140. The molecule has 1 amide bonds. The highest BCUT2D eigenvalue weighted by molar-refractivity contribution is 5.90. The van der Waals surface area contributed by atoms with Crippen LogP contribution in [0, 0.1) is 5.82 Å². The van der Waals surface area contributed by atoms with Gasteiger partial charge in [-0.25, -0.2) is 13.9 Å². The first-order valence-corrected chi connectivity index (χ1v) is 9.56. The van der Waals surface area contributed by atoms with Gasteiger partial charge in [-0.15, -0.1) is 5.10 Å². The summed E-state index contributed by atoms with van der Waals surface area (Å²) in [6, 6.07) is 12.5. The van der Waals surface area contributed by atoms with Gasteiger partial charge in [-0.05, 0) is 35.9 Å². The SMILES string of the molecule is CCNC[C@H]1CN(c2ccc(-c3ccc(Cn4ccnn4)cc3)c(F)c2)C(=O)O1. The van der Waals surface area contributed by atoms with Crippen molar-refractivity contribution in [3.05, 3.63) is 66.2 Å². The van der Waals surface area contributed by atoms with Crippen molar-refractivity contribution >= 4 is 11.8 Å². The van der Waals surface area contributed by atoms with Gasteiger partial charge < -0.3 is 10.1 Å². The molecular weight excluding hydrogens is 373 g/mol. The molecule has 1 saturated heterocycles. The van der Waals surface area contributed by atoms with Crippen molar-refractivity contribution < 1.29 is 13.9 Å². The van der Waals surface area contributed by atoms with Crippen LogP contribution < -0.4 is 10.2 Å². The minimum Gasteiger partial charge on any atom is -0.443 e. The number of ether oxygens (including phenoxy) is 1. The van der Waals surface area contributed by atoms with E-state index in [2.05, 4.69) is 15.6 Å². The summed E-state index contributed by atoms with van der Waals surface area (Å²) in [5, 5.41) is 10.9. The van der Waals surface area contributed by atoms with Gasteiger partial charge in [0.1, 0.15) is 11.9 Å². The van der Waals surface area contributed by atoms with Gasteiger partial charge in [0.15, 0.2) is 0 Å². The van der Waals surface area contributed by atoms with E-state index in [1.807, 2.05) is 31.2 Å². The van der Waals surface area contributed by atoms with Gasteiger partial charge in [0.05, 0.1) is 25.0 Å². The van der Waals surface area contributed by atoms with Crippen LogP contribution in [-0.4, -0.2) is 46.8 Å². The van der Waals surface area contributed by atoms with Crippen LogP contribution in [0.25, 0.3) is 11.1 Å².